The number of carbonyl (C=O) groups excluding carboxylic acids is 2. The van der Waals surface area contributed by atoms with Crippen LogP contribution < -0.4 is 10.6 Å². The Morgan fingerprint density at radius 1 is 0.830 bits per heavy atom. The summed E-state index contributed by atoms with van der Waals surface area (Å²) in [5.74, 6) is 1.52. The molecule has 0 radical (unpaired) electrons. The Balaban J connectivity index is 1.10. The van der Waals surface area contributed by atoms with Crippen LogP contribution in [0.3, 0.4) is 0 Å². The molecule has 4 heterocycles. The Labute approximate surface area is 284 Å². The fourth-order valence-electron chi connectivity index (χ4n) is 8.59. The molecule has 6 atom stereocenters. The van der Waals surface area contributed by atoms with Crippen molar-refractivity contribution >= 4 is 11.8 Å². The molecule has 5 rings (SSSR count). The van der Waals surface area contributed by atoms with E-state index in [9.17, 15) is 9.59 Å². The minimum atomic E-state index is 0.00174. The Bertz CT molecular complexity index is 1350. The van der Waals surface area contributed by atoms with E-state index in [-0.39, 0.29) is 23.1 Å². The summed E-state index contributed by atoms with van der Waals surface area (Å²) in [6, 6.07) is 1.35. The van der Waals surface area contributed by atoms with Gasteiger partial charge in [0.2, 0.25) is 11.8 Å². The van der Waals surface area contributed by atoms with Crippen LogP contribution >= 0.6 is 0 Å². The number of amides is 2. The highest BCUT2D eigenvalue weighted by molar-refractivity contribution is 5.93. The van der Waals surface area contributed by atoms with Gasteiger partial charge in [-0.15, -0.1) is 0 Å². The third kappa shape index (κ3) is 9.57. The van der Waals surface area contributed by atoms with E-state index in [1.165, 1.54) is 75.9 Å². The number of rotatable bonds is 12. The maximum atomic E-state index is 12.8. The van der Waals surface area contributed by atoms with E-state index >= 15 is 0 Å². The highest BCUT2D eigenvalue weighted by Crippen LogP contribution is 2.42. The summed E-state index contributed by atoms with van der Waals surface area (Å²) in [5.41, 5.74) is 4.44. The molecule has 47 heavy (non-hydrogen) atoms. The average molecular weight is 641 g/mol. The number of hydrogen-bond donors (Lipinski definition) is 2. The molecular formula is C41H60N4O2. The maximum Gasteiger partial charge on any atom is 0.246 e. The number of fused-ring (bicyclic) bond motifs is 2. The summed E-state index contributed by atoms with van der Waals surface area (Å²) < 4.78 is 0. The van der Waals surface area contributed by atoms with Crippen molar-refractivity contribution in [1.29, 1.82) is 0 Å². The molecule has 0 aromatic heterocycles. The third-order valence-electron chi connectivity index (χ3n) is 11.7. The van der Waals surface area contributed by atoms with Crippen molar-refractivity contribution in [1.82, 2.24) is 20.4 Å². The van der Waals surface area contributed by atoms with Crippen LogP contribution in [0, 0.1) is 23.2 Å². The number of hydrogen-bond acceptors (Lipinski definition) is 4. The second-order valence-electron chi connectivity index (χ2n) is 15.3. The van der Waals surface area contributed by atoms with E-state index in [2.05, 4.69) is 84.6 Å². The van der Waals surface area contributed by atoms with Gasteiger partial charge in [0.05, 0.1) is 0 Å². The number of carbonyl (C=O) groups is 2. The Hall–Kier alpha value is -2.96. The van der Waals surface area contributed by atoms with Crippen molar-refractivity contribution < 1.29 is 9.59 Å². The van der Waals surface area contributed by atoms with Gasteiger partial charge in [0.15, 0.2) is 0 Å². The number of nitrogens with zero attached hydrogens (tertiary/aromatic N) is 2. The van der Waals surface area contributed by atoms with E-state index in [0.29, 0.717) is 23.9 Å². The average Bonchev–Trinajstić information content (AvgIpc) is 3.84. The van der Waals surface area contributed by atoms with Gasteiger partial charge < -0.3 is 20.4 Å². The van der Waals surface area contributed by atoms with Gasteiger partial charge in [-0.25, -0.2) is 0 Å². The third-order valence-corrected chi connectivity index (χ3v) is 11.7. The van der Waals surface area contributed by atoms with Crippen molar-refractivity contribution in [3.05, 3.63) is 83.1 Å². The molecule has 0 aromatic carbocycles. The molecular weight excluding hydrogens is 580 g/mol. The molecule has 0 spiro atoms. The zero-order valence-electron chi connectivity index (χ0n) is 29.8. The molecule has 2 amide bonds. The van der Waals surface area contributed by atoms with E-state index in [4.69, 9.17) is 0 Å². The number of nitrogens with one attached hydrogen (secondary N) is 2. The zero-order valence-corrected chi connectivity index (χ0v) is 29.8. The van der Waals surface area contributed by atoms with Crippen LogP contribution in [-0.4, -0.2) is 73.0 Å². The first kappa shape index (κ1) is 35.3. The lowest BCUT2D eigenvalue weighted by Gasteiger charge is -2.36. The van der Waals surface area contributed by atoms with Crippen molar-refractivity contribution in [3.63, 3.8) is 0 Å². The Kier molecular flexibility index (Phi) is 12.4. The molecule has 4 unspecified atom stereocenters. The second-order valence-corrected chi connectivity index (χ2v) is 15.3. The van der Waals surface area contributed by atoms with Crippen LogP contribution in [0.4, 0.5) is 0 Å². The predicted octanol–water partition coefficient (Wildman–Crippen LogP) is 7.06. The van der Waals surface area contributed by atoms with Gasteiger partial charge >= 0.3 is 0 Å². The largest absolute Gasteiger partial charge is 0.352 e. The molecule has 0 saturated carbocycles. The van der Waals surface area contributed by atoms with E-state index < -0.39 is 0 Å². The first-order valence-corrected chi connectivity index (χ1v) is 18.4. The molecule has 2 N–H and O–H groups in total. The molecule has 6 nitrogen and oxygen atoms in total. The van der Waals surface area contributed by atoms with Crippen LogP contribution in [0.25, 0.3) is 0 Å². The molecule has 256 valence electrons. The SMILES string of the molecule is CC1=C[C@H](/C=C(C)/C=C/C=C(\C)C(=O)NCC2CCN3CCCC23)[C@@](C)(/C=C/C=C(C)/C=C/C(=O)NCC2CCN3CCCC23)CC1. The molecule has 5 aliphatic rings. The minimum Gasteiger partial charge on any atom is -0.352 e. The minimum absolute atomic E-state index is 0.00174. The van der Waals surface area contributed by atoms with Gasteiger partial charge in [-0.2, -0.15) is 0 Å². The zero-order chi connectivity index (χ0) is 33.4. The van der Waals surface area contributed by atoms with Crippen molar-refractivity contribution in [2.75, 3.05) is 39.3 Å². The summed E-state index contributed by atoms with van der Waals surface area (Å²) in [6.07, 6.45) is 30.8. The molecule has 6 heteroatoms. The molecule has 4 fully saturated rings. The summed E-state index contributed by atoms with van der Waals surface area (Å²) in [7, 11) is 0. The predicted molar refractivity (Wildman–Crippen MR) is 195 cm³/mol. The van der Waals surface area contributed by atoms with Gasteiger partial charge in [0.1, 0.15) is 0 Å². The lowest BCUT2D eigenvalue weighted by Crippen LogP contribution is -2.35. The second kappa shape index (κ2) is 16.4. The van der Waals surface area contributed by atoms with Gasteiger partial charge in [0.25, 0.3) is 0 Å². The van der Waals surface area contributed by atoms with Crippen molar-refractivity contribution in [2.45, 2.75) is 98.1 Å². The number of allylic oxidation sites excluding steroid dienone is 12. The van der Waals surface area contributed by atoms with Crippen LogP contribution in [0.1, 0.15) is 86.0 Å². The highest BCUT2D eigenvalue weighted by Gasteiger charge is 2.38. The summed E-state index contributed by atoms with van der Waals surface area (Å²) in [4.78, 5) is 30.4. The normalized spacial score (nSPS) is 32.5. The van der Waals surface area contributed by atoms with Crippen LogP contribution in [0.2, 0.25) is 0 Å². The van der Waals surface area contributed by atoms with Crippen molar-refractivity contribution in [2.24, 2.45) is 23.2 Å². The Morgan fingerprint density at radius 3 is 2.17 bits per heavy atom. The molecule has 0 aromatic rings. The summed E-state index contributed by atoms with van der Waals surface area (Å²) in [5, 5.41) is 6.33. The van der Waals surface area contributed by atoms with Crippen LogP contribution in [0.5, 0.6) is 0 Å². The molecule has 1 aliphatic carbocycles. The quantitative estimate of drug-likeness (QED) is 0.136. The van der Waals surface area contributed by atoms with Gasteiger partial charge in [-0.05, 0) is 122 Å². The topological polar surface area (TPSA) is 64.7 Å². The summed E-state index contributed by atoms with van der Waals surface area (Å²) >= 11 is 0. The van der Waals surface area contributed by atoms with Gasteiger partial charge in [-0.1, -0.05) is 78.3 Å². The molecule has 4 saturated heterocycles. The highest BCUT2D eigenvalue weighted by atomic mass is 16.2. The van der Waals surface area contributed by atoms with Crippen molar-refractivity contribution in [3.8, 4) is 0 Å². The standard InChI is InChI=1S/C41H60N4O2/c1-30(15-16-39(46)42-28-34-18-24-44-22-8-13-37(34)44)11-7-20-41(5)21-17-32(3)27-36(41)26-31(2)10-6-12-33(4)40(47)43-29-35-19-25-45-23-9-14-38(35)45/h6-7,10-12,15-16,20,26-27,34-38H,8-9,13-14,17-19,21-25,28-29H2,1-5H3,(H,42,46)(H,43,47)/b10-6+,16-15+,20-7+,30-11+,31-26+,33-12+/t34?,35?,36-,37?,38?,41-/m0/s1. The smallest absolute Gasteiger partial charge is 0.246 e. The summed E-state index contributed by atoms with van der Waals surface area (Å²) in [6.45, 7) is 17.1. The van der Waals surface area contributed by atoms with Gasteiger partial charge in [0, 0.05) is 42.7 Å². The van der Waals surface area contributed by atoms with E-state index in [1.807, 2.05) is 25.2 Å². The molecule has 0 bridgehead atoms. The first-order chi connectivity index (χ1) is 22.6. The van der Waals surface area contributed by atoms with Gasteiger partial charge in [-0.3, -0.25) is 9.59 Å². The monoisotopic (exact) mass is 640 g/mol. The van der Waals surface area contributed by atoms with E-state index in [0.717, 1.165) is 37.1 Å². The van der Waals surface area contributed by atoms with Crippen LogP contribution in [0.15, 0.2) is 83.1 Å². The Morgan fingerprint density at radius 2 is 1.49 bits per heavy atom. The lowest BCUT2D eigenvalue weighted by atomic mass is 9.68. The maximum absolute atomic E-state index is 12.8. The molecule has 4 aliphatic heterocycles. The first-order valence-electron chi connectivity index (χ1n) is 18.4. The fourth-order valence-corrected chi connectivity index (χ4v) is 8.59. The van der Waals surface area contributed by atoms with E-state index in [1.54, 1.807) is 6.08 Å². The lowest BCUT2D eigenvalue weighted by molar-refractivity contribution is -0.118. The fraction of sp³-hybridized carbons (Fsp3) is 0.610. The van der Waals surface area contributed by atoms with Crippen LogP contribution in [-0.2, 0) is 9.59 Å².